The summed E-state index contributed by atoms with van der Waals surface area (Å²) in [6, 6.07) is 15.9. The molecule has 0 atom stereocenters. The monoisotopic (exact) mass is 279 g/mol. The van der Waals surface area contributed by atoms with Crippen molar-refractivity contribution in [3.63, 3.8) is 0 Å². The first-order chi connectivity index (χ1) is 10.1. The molecule has 3 aromatic rings. The molecule has 0 fully saturated rings. The molecule has 3 rings (SSSR count). The van der Waals surface area contributed by atoms with Crippen molar-refractivity contribution in [1.29, 1.82) is 0 Å². The molecule has 5 nitrogen and oxygen atoms in total. The van der Waals surface area contributed by atoms with E-state index in [1.165, 1.54) is 0 Å². The molecular weight excluding hydrogens is 262 g/mol. The van der Waals surface area contributed by atoms with Gasteiger partial charge in [-0.2, -0.15) is 4.98 Å². The zero-order chi connectivity index (χ0) is 14.8. The molecule has 0 aliphatic carbocycles. The van der Waals surface area contributed by atoms with E-state index in [9.17, 15) is 0 Å². The minimum absolute atomic E-state index is 0.264. The van der Waals surface area contributed by atoms with E-state index >= 15 is 0 Å². The number of nitrogens with one attached hydrogen (secondary N) is 1. The quantitative estimate of drug-likeness (QED) is 0.771. The largest absolute Gasteiger partial charge is 0.378 e. The van der Waals surface area contributed by atoms with E-state index in [1.807, 2.05) is 50.5 Å². The van der Waals surface area contributed by atoms with Crippen molar-refractivity contribution in [1.82, 2.24) is 9.97 Å². The number of anilines is 4. The van der Waals surface area contributed by atoms with Crippen molar-refractivity contribution in [2.24, 2.45) is 0 Å². The van der Waals surface area contributed by atoms with Crippen LogP contribution in [0.2, 0.25) is 0 Å². The molecule has 5 heteroatoms. The predicted molar refractivity (Wildman–Crippen MR) is 88.0 cm³/mol. The van der Waals surface area contributed by atoms with Gasteiger partial charge in [-0.25, -0.2) is 4.98 Å². The Morgan fingerprint density at radius 2 is 1.81 bits per heavy atom. The van der Waals surface area contributed by atoms with Gasteiger partial charge in [-0.15, -0.1) is 0 Å². The zero-order valence-corrected chi connectivity index (χ0v) is 12.0. The first-order valence-corrected chi connectivity index (χ1v) is 6.70. The van der Waals surface area contributed by atoms with E-state index in [0.717, 1.165) is 22.3 Å². The number of para-hydroxylation sites is 1. The third kappa shape index (κ3) is 2.72. The highest BCUT2D eigenvalue weighted by Crippen LogP contribution is 2.26. The molecule has 1 aromatic heterocycles. The molecule has 0 aliphatic rings. The SMILES string of the molecule is CN(C)c1cccc(Nc2nc(N)nc3ccccc23)c1. The summed E-state index contributed by atoms with van der Waals surface area (Å²) in [4.78, 5) is 10.6. The third-order valence-electron chi connectivity index (χ3n) is 3.25. The van der Waals surface area contributed by atoms with Gasteiger partial charge >= 0.3 is 0 Å². The molecule has 0 aliphatic heterocycles. The van der Waals surface area contributed by atoms with Crippen molar-refractivity contribution in [2.45, 2.75) is 0 Å². The fourth-order valence-corrected chi connectivity index (χ4v) is 2.19. The van der Waals surface area contributed by atoms with E-state index in [1.54, 1.807) is 0 Å². The Morgan fingerprint density at radius 1 is 1.00 bits per heavy atom. The topological polar surface area (TPSA) is 67.1 Å². The van der Waals surface area contributed by atoms with Crippen LogP contribution in [0, 0.1) is 0 Å². The predicted octanol–water partition coefficient (Wildman–Crippen LogP) is 3.02. The van der Waals surface area contributed by atoms with Gasteiger partial charge in [0.15, 0.2) is 0 Å². The van der Waals surface area contributed by atoms with Crippen LogP contribution in [0.15, 0.2) is 48.5 Å². The van der Waals surface area contributed by atoms with Crippen LogP contribution in [0.4, 0.5) is 23.1 Å². The number of hydrogen-bond acceptors (Lipinski definition) is 5. The summed E-state index contributed by atoms with van der Waals surface area (Å²) >= 11 is 0. The van der Waals surface area contributed by atoms with Crippen molar-refractivity contribution < 1.29 is 0 Å². The lowest BCUT2D eigenvalue weighted by molar-refractivity contribution is 1.13. The van der Waals surface area contributed by atoms with E-state index in [-0.39, 0.29) is 5.95 Å². The highest BCUT2D eigenvalue weighted by atomic mass is 15.1. The Balaban J connectivity index is 2.03. The molecule has 2 aromatic carbocycles. The number of nitrogens with two attached hydrogens (primary N) is 1. The molecular formula is C16H17N5. The zero-order valence-electron chi connectivity index (χ0n) is 12.0. The number of nitrogen functional groups attached to an aromatic ring is 1. The average Bonchev–Trinajstić information content (AvgIpc) is 2.47. The molecule has 21 heavy (non-hydrogen) atoms. The Morgan fingerprint density at radius 3 is 2.62 bits per heavy atom. The lowest BCUT2D eigenvalue weighted by Gasteiger charge is -2.15. The lowest BCUT2D eigenvalue weighted by atomic mass is 10.2. The lowest BCUT2D eigenvalue weighted by Crippen LogP contribution is -2.08. The fourth-order valence-electron chi connectivity index (χ4n) is 2.19. The maximum atomic E-state index is 5.79. The summed E-state index contributed by atoms with van der Waals surface area (Å²) in [6.45, 7) is 0. The number of aromatic nitrogens is 2. The molecule has 106 valence electrons. The second kappa shape index (κ2) is 5.28. The van der Waals surface area contributed by atoms with E-state index in [0.29, 0.717) is 5.82 Å². The third-order valence-corrected chi connectivity index (χ3v) is 3.25. The minimum atomic E-state index is 0.264. The summed E-state index contributed by atoms with van der Waals surface area (Å²) in [5, 5.41) is 4.27. The van der Waals surface area contributed by atoms with E-state index in [4.69, 9.17) is 5.73 Å². The second-order valence-electron chi connectivity index (χ2n) is 5.02. The molecule has 0 unspecified atom stereocenters. The minimum Gasteiger partial charge on any atom is -0.378 e. The van der Waals surface area contributed by atoms with Gasteiger partial charge in [0.05, 0.1) is 5.52 Å². The number of benzene rings is 2. The van der Waals surface area contributed by atoms with E-state index in [2.05, 4.69) is 32.3 Å². The van der Waals surface area contributed by atoms with Gasteiger partial charge < -0.3 is 16.0 Å². The molecule has 0 saturated heterocycles. The number of nitrogens with zero attached hydrogens (tertiary/aromatic N) is 3. The van der Waals surface area contributed by atoms with Gasteiger partial charge in [0.25, 0.3) is 0 Å². The van der Waals surface area contributed by atoms with Crippen LogP contribution in [-0.4, -0.2) is 24.1 Å². The van der Waals surface area contributed by atoms with Gasteiger partial charge in [-0.3, -0.25) is 0 Å². The molecule has 0 saturated carbocycles. The molecule has 0 bridgehead atoms. The Kier molecular flexibility index (Phi) is 3.31. The second-order valence-corrected chi connectivity index (χ2v) is 5.02. The standard InChI is InChI=1S/C16H17N5/c1-21(2)12-7-5-6-11(10-12)18-15-13-8-3-4-9-14(13)19-16(17)20-15/h3-10H,1-2H3,(H3,17,18,19,20). The van der Waals surface area contributed by atoms with Crippen LogP contribution in [0.5, 0.6) is 0 Å². The average molecular weight is 279 g/mol. The normalized spacial score (nSPS) is 10.6. The molecule has 1 heterocycles. The molecule has 3 N–H and O–H groups in total. The Hall–Kier alpha value is -2.82. The highest BCUT2D eigenvalue weighted by Gasteiger charge is 2.06. The highest BCUT2D eigenvalue weighted by molar-refractivity contribution is 5.91. The molecule has 0 amide bonds. The Bertz CT molecular complexity index is 782. The van der Waals surface area contributed by atoms with Crippen LogP contribution in [0.25, 0.3) is 10.9 Å². The van der Waals surface area contributed by atoms with Crippen LogP contribution in [0.3, 0.4) is 0 Å². The summed E-state index contributed by atoms with van der Waals surface area (Å²) in [5.41, 5.74) is 8.70. The van der Waals surface area contributed by atoms with Crippen molar-refractivity contribution in [2.75, 3.05) is 30.0 Å². The number of hydrogen-bond donors (Lipinski definition) is 2. The summed E-state index contributed by atoms with van der Waals surface area (Å²) in [6.07, 6.45) is 0. The van der Waals surface area contributed by atoms with Gasteiger partial charge in [-0.1, -0.05) is 18.2 Å². The molecule has 0 spiro atoms. The maximum Gasteiger partial charge on any atom is 0.222 e. The fraction of sp³-hybridized carbons (Fsp3) is 0.125. The van der Waals surface area contributed by atoms with E-state index < -0.39 is 0 Å². The summed E-state index contributed by atoms with van der Waals surface area (Å²) in [5.74, 6) is 0.981. The maximum absolute atomic E-state index is 5.79. The van der Waals surface area contributed by atoms with Gasteiger partial charge in [-0.05, 0) is 30.3 Å². The van der Waals surface area contributed by atoms with Crippen LogP contribution in [-0.2, 0) is 0 Å². The molecule has 0 radical (unpaired) electrons. The van der Waals surface area contributed by atoms with Crippen molar-refractivity contribution in [3.05, 3.63) is 48.5 Å². The first-order valence-electron chi connectivity index (χ1n) is 6.70. The van der Waals surface area contributed by atoms with Gasteiger partial charge in [0.1, 0.15) is 5.82 Å². The smallest absolute Gasteiger partial charge is 0.222 e. The number of fused-ring (bicyclic) bond motifs is 1. The van der Waals surface area contributed by atoms with Crippen LogP contribution in [0.1, 0.15) is 0 Å². The van der Waals surface area contributed by atoms with Crippen molar-refractivity contribution in [3.8, 4) is 0 Å². The Labute approximate surface area is 123 Å². The van der Waals surface area contributed by atoms with Crippen LogP contribution < -0.4 is 16.0 Å². The van der Waals surface area contributed by atoms with Crippen LogP contribution >= 0.6 is 0 Å². The van der Waals surface area contributed by atoms with Crippen molar-refractivity contribution >= 4 is 34.0 Å². The number of rotatable bonds is 3. The van der Waals surface area contributed by atoms with Gasteiger partial charge in [0, 0.05) is 30.9 Å². The first kappa shape index (κ1) is 13.2. The van der Waals surface area contributed by atoms with Gasteiger partial charge in [0.2, 0.25) is 5.95 Å². The summed E-state index contributed by atoms with van der Waals surface area (Å²) < 4.78 is 0. The summed E-state index contributed by atoms with van der Waals surface area (Å²) in [7, 11) is 4.02.